The number of nitrogens with two attached hydrogens (primary N) is 2. The van der Waals surface area contributed by atoms with Crippen LogP contribution in [0.1, 0.15) is 13.2 Å². The second-order valence-electron chi connectivity index (χ2n) is 6.80. The molecule has 0 amide bonds. The molecule has 1 fully saturated rings. The number of aromatic nitrogens is 4. The van der Waals surface area contributed by atoms with E-state index in [0.717, 1.165) is 22.8 Å². The summed E-state index contributed by atoms with van der Waals surface area (Å²) in [6.45, 7) is 0.0604. The molecule has 1 aliphatic heterocycles. The van der Waals surface area contributed by atoms with Crippen LogP contribution in [0, 0.1) is 0 Å². The topological polar surface area (TPSA) is 242 Å². The van der Waals surface area contributed by atoms with E-state index in [1.165, 1.54) is 7.05 Å². The summed E-state index contributed by atoms with van der Waals surface area (Å²) in [7, 11) is -9.12. The Morgan fingerprint density at radius 2 is 2.03 bits per heavy atom. The highest BCUT2D eigenvalue weighted by molar-refractivity contribution is 7.60. The molecular formula is C12H20FN7O9P2. The molecule has 1 unspecified atom stereocenters. The lowest BCUT2D eigenvalue weighted by molar-refractivity contribution is -0.0560. The van der Waals surface area contributed by atoms with Crippen molar-refractivity contribution in [3.8, 4) is 0 Å². The van der Waals surface area contributed by atoms with Gasteiger partial charge in [0.1, 0.15) is 12.2 Å². The van der Waals surface area contributed by atoms with Gasteiger partial charge in [-0.05, 0) is 6.92 Å². The van der Waals surface area contributed by atoms with E-state index in [0.29, 0.717) is 0 Å². The largest absolute Gasteiger partial charge is 0.481 e. The summed E-state index contributed by atoms with van der Waals surface area (Å²) >= 11 is 0. The monoisotopic (exact) mass is 487 g/mol. The molecule has 2 aromatic heterocycles. The number of hydrogen-bond acceptors (Lipinski definition) is 12. The van der Waals surface area contributed by atoms with Crippen LogP contribution < -0.4 is 16.6 Å². The number of ether oxygens (including phenoxy) is 1. The maximum Gasteiger partial charge on any atom is 0.481 e. The molecule has 5 atom stereocenters. The van der Waals surface area contributed by atoms with E-state index in [2.05, 4.69) is 23.8 Å². The van der Waals surface area contributed by atoms with Crippen LogP contribution in [0.3, 0.4) is 0 Å². The second kappa shape index (κ2) is 7.97. The average Bonchev–Trinajstić information content (AvgIpc) is 3.10. The van der Waals surface area contributed by atoms with Crippen LogP contribution in [0.15, 0.2) is 6.33 Å². The van der Waals surface area contributed by atoms with E-state index in [1.54, 1.807) is 0 Å². The summed E-state index contributed by atoms with van der Waals surface area (Å²) in [6.07, 6.45) is -3.82. The highest BCUT2D eigenvalue weighted by atomic mass is 31.3. The molecule has 31 heavy (non-hydrogen) atoms. The molecule has 1 saturated heterocycles. The van der Waals surface area contributed by atoms with E-state index in [-0.39, 0.29) is 22.9 Å². The van der Waals surface area contributed by atoms with Gasteiger partial charge in [0.2, 0.25) is 5.95 Å². The SMILES string of the molecule is CN(N)c1nc(N)nc2c1ncn2[C@@H]1O[C@H](COP(=O)(O)OP(=O)(O)O)[C@@H](O)[C@@]1(C)F. The summed E-state index contributed by atoms with van der Waals surface area (Å²) in [5.41, 5.74) is 3.37. The van der Waals surface area contributed by atoms with Gasteiger partial charge in [-0.25, -0.2) is 24.3 Å². The summed E-state index contributed by atoms with van der Waals surface area (Å²) in [6, 6.07) is 0. The molecule has 8 N–H and O–H groups in total. The van der Waals surface area contributed by atoms with E-state index < -0.39 is 46.4 Å². The zero-order valence-corrected chi connectivity index (χ0v) is 17.8. The van der Waals surface area contributed by atoms with Gasteiger partial charge in [-0.15, -0.1) is 0 Å². The lowest BCUT2D eigenvalue weighted by atomic mass is 9.98. The highest BCUT2D eigenvalue weighted by Crippen LogP contribution is 2.58. The highest BCUT2D eigenvalue weighted by Gasteiger charge is 2.56. The van der Waals surface area contributed by atoms with Gasteiger partial charge in [0.05, 0.1) is 12.9 Å². The predicted molar refractivity (Wildman–Crippen MR) is 101 cm³/mol. The average molecular weight is 487 g/mol. The van der Waals surface area contributed by atoms with Crippen molar-refractivity contribution in [3.63, 3.8) is 0 Å². The Bertz CT molecular complexity index is 1080. The van der Waals surface area contributed by atoms with Gasteiger partial charge >= 0.3 is 15.6 Å². The Balaban J connectivity index is 1.89. The molecule has 3 heterocycles. The first kappa shape index (κ1) is 23.9. The van der Waals surface area contributed by atoms with Crippen LogP contribution >= 0.6 is 15.6 Å². The number of rotatable bonds is 7. The molecule has 174 valence electrons. The Morgan fingerprint density at radius 1 is 1.39 bits per heavy atom. The number of hydrogen-bond donors (Lipinski definition) is 6. The molecule has 16 nitrogen and oxygen atoms in total. The van der Waals surface area contributed by atoms with Crippen molar-refractivity contribution in [2.24, 2.45) is 5.84 Å². The van der Waals surface area contributed by atoms with Crippen LogP contribution in [-0.2, 0) is 22.7 Å². The fourth-order valence-corrected chi connectivity index (χ4v) is 4.61. The Morgan fingerprint density at radius 3 is 2.61 bits per heavy atom. The number of aliphatic hydroxyl groups is 1. The van der Waals surface area contributed by atoms with Crippen LogP contribution in [0.2, 0.25) is 0 Å². The maximum absolute atomic E-state index is 15.4. The van der Waals surface area contributed by atoms with Gasteiger partial charge in [-0.1, -0.05) is 0 Å². The smallest absolute Gasteiger partial charge is 0.387 e. The van der Waals surface area contributed by atoms with Crippen LogP contribution in [0.5, 0.6) is 0 Å². The predicted octanol–water partition coefficient (Wildman–Crippen LogP) is -1.07. The molecule has 3 rings (SSSR count). The standard InChI is InChI=1S/C12H20FN7O9P2/c1-12(13)7(21)5(3-27-31(25,26)29-30(22,23)24)28-10(12)20-4-16-6-8(19(2)15)17-11(14)18-9(6)20/h4-5,7,10,21H,3,15H2,1-2H3,(H,25,26)(H2,14,17,18)(H2,22,23,24)/t5-,7-,10-,12-/m1/s1. The Labute approximate surface area is 173 Å². The van der Waals surface area contributed by atoms with Gasteiger partial charge < -0.3 is 30.3 Å². The number of phosphoric ester groups is 1. The van der Waals surface area contributed by atoms with Crippen molar-refractivity contribution in [1.82, 2.24) is 19.5 Å². The minimum Gasteiger partial charge on any atom is -0.387 e. The van der Waals surface area contributed by atoms with Gasteiger partial charge in [0, 0.05) is 7.05 Å². The maximum atomic E-state index is 15.4. The molecule has 2 aromatic rings. The molecule has 0 saturated carbocycles. The normalized spacial score (nSPS) is 28.7. The third kappa shape index (κ3) is 4.85. The van der Waals surface area contributed by atoms with E-state index >= 15 is 4.39 Å². The summed E-state index contributed by atoms with van der Waals surface area (Å²) in [5, 5.41) is 11.4. The lowest BCUT2D eigenvalue weighted by Crippen LogP contribution is -2.40. The summed E-state index contributed by atoms with van der Waals surface area (Å²) in [4.78, 5) is 38.6. The number of phosphoric acid groups is 2. The van der Waals surface area contributed by atoms with Gasteiger partial charge in [0.15, 0.2) is 28.9 Å². The van der Waals surface area contributed by atoms with Crippen LogP contribution in [0.25, 0.3) is 11.2 Å². The van der Waals surface area contributed by atoms with Crippen molar-refractivity contribution < 1.29 is 46.9 Å². The third-order valence-electron chi connectivity index (χ3n) is 4.34. The number of alkyl halides is 1. The third-order valence-corrected chi connectivity index (χ3v) is 6.49. The second-order valence-corrected chi connectivity index (χ2v) is 9.63. The van der Waals surface area contributed by atoms with E-state index in [4.69, 9.17) is 26.1 Å². The number of aliphatic hydroxyl groups excluding tert-OH is 1. The molecule has 19 heteroatoms. The van der Waals surface area contributed by atoms with Crippen molar-refractivity contribution in [2.75, 3.05) is 24.4 Å². The molecule has 0 aromatic carbocycles. The number of halogens is 1. The number of imidazole rings is 1. The number of fused-ring (bicyclic) bond motifs is 1. The lowest BCUT2D eigenvalue weighted by Gasteiger charge is -2.24. The van der Waals surface area contributed by atoms with Gasteiger partial charge in [-0.3, -0.25) is 14.1 Å². The minimum absolute atomic E-state index is 0.0279. The molecular weight excluding hydrogens is 467 g/mol. The zero-order valence-electron chi connectivity index (χ0n) is 16.0. The first-order valence-corrected chi connectivity index (χ1v) is 11.4. The molecule has 1 aliphatic rings. The Kier molecular flexibility index (Phi) is 6.14. The number of nitrogen functional groups attached to an aromatic ring is 1. The fraction of sp³-hybridized carbons (Fsp3) is 0.583. The first-order valence-electron chi connectivity index (χ1n) is 8.37. The van der Waals surface area contributed by atoms with Crippen molar-refractivity contribution in [3.05, 3.63) is 6.33 Å². The van der Waals surface area contributed by atoms with Gasteiger partial charge in [-0.2, -0.15) is 14.3 Å². The van der Waals surface area contributed by atoms with Crippen molar-refractivity contribution in [2.45, 2.75) is 31.0 Å². The van der Waals surface area contributed by atoms with Crippen molar-refractivity contribution in [1.29, 1.82) is 0 Å². The fourth-order valence-electron chi connectivity index (χ4n) is 3.01. The summed E-state index contributed by atoms with van der Waals surface area (Å²) in [5.74, 6) is 5.63. The molecule has 0 spiro atoms. The zero-order chi connectivity index (χ0) is 23.4. The number of nitrogens with zero attached hydrogens (tertiary/aromatic N) is 5. The van der Waals surface area contributed by atoms with Crippen LogP contribution in [0.4, 0.5) is 16.2 Å². The molecule has 0 radical (unpaired) electrons. The van der Waals surface area contributed by atoms with Crippen LogP contribution in [-0.4, -0.2) is 70.8 Å². The minimum atomic E-state index is -5.35. The first-order chi connectivity index (χ1) is 14.1. The number of anilines is 2. The van der Waals surface area contributed by atoms with E-state index in [1.807, 2.05) is 0 Å². The molecule has 0 aliphatic carbocycles. The number of hydrazine groups is 1. The summed E-state index contributed by atoms with van der Waals surface area (Å²) < 4.78 is 52.3. The van der Waals surface area contributed by atoms with E-state index in [9.17, 15) is 19.1 Å². The molecule has 0 bridgehead atoms. The van der Waals surface area contributed by atoms with Crippen molar-refractivity contribution >= 4 is 38.6 Å². The quantitative estimate of drug-likeness (QED) is 0.155. The van der Waals surface area contributed by atoms with Gasteiger partial charge in [0.25, 0.3) is 0 Å². The Hall–Kier alpha value is -1.78.